The molecule has 0 spiro atoms. The number of pyridine rings is 1. The molecule has 0 saturated carbocycles. The molecule has 4 nitrogen and oxygen atoms in total. The lowest BCUT2D eigenvalue weighted by Gasteiger charge is -2.15. The van der Waals surface area contributed by atoms with Gasteiger partial charge in [-0.3, -0.25) is 9.36 Å². The Morgan fingerprint density at radius 2 is 1.70 bits per heavy atom. The van der Waals surface area contributed by atoms with Crippen LogP contribution in [0.15, 0.2) is 52.4 Å². The molecule has 152 valence electrons. The summed E-state index contributed by atoms with van der Waals surface area (Å²) in [6.45, 7) is 1.70. The second-order valence-corrected chi connectivity index (χ2v) is 7.23. The van der Waals surface area contributed by atoms with E-state index < -0.39 is 34.5 Å². The van der Waals surface area contributed by atoms with E-state index in [4.69, 9.17) is 0 Å². The van der Waals surface area contributed by atoms with Gasteiger partial charge >= 0.3 is 0 Å². The zero-order valence-electron chi connectivity index (χ0n) is 15.7. The van der Waals surface area contributed by atoms with Crippen molar-refractivity contribution >= 4 is 22.8 Å². The van der Waals surface area contributed by atoms with Gasteiger partial charge in [0.05, 0.1) is 11.4 Å². The van der Waals surface area contributed by atoms with Gasteiger partial charge in [-0.05, 0) is 55.1 Å². The molecule has 4 rings (SSSR count). The summed E-state index contributed by atoms with van der Waals surface area (Å²) in [5.74, 6) is -4.98. The quantitative estimate of drug-likeness (QED) is 0.198. The SMILES string of the molecule is CSc1nc(-c2ccc(F)cc2C)c2ccc(=O)n(-c3ccc(F)c(F)c3F)c2n1. The van der Waals surface area contributed by atoms with E-state index in [0.29, 0.717) is 22.2 Å². The number of fused-ring (bicyclic) bond motifs is 1. The Kier molecular flexibility index (Phi) is 5.07. The standard InChI is InChI=1S/C21H13F4N3OS/c1-10-9-11(22)3-4-12(10)19-13-5-8-16(29)28(20(13)27-21(26-19)30-2)15-7-6-14(23)17(24)18(15)25/h3-9H,1-2H3. The van der Waals surface area contributed by atoms with E-state index in [0.717, 1.165) is 22.8 Å². The first-order valence-electron chi connectivity index (χ1n) is 8.70. The predicted molar refractivity (Wildman–Crippen MR) is 107 cm³/mol. The molecule has 0 bridgehead atoms. The molecule has 0 aliphatic carbocycles. The molecule has 9 heteroatoms. The van der Waals surface area contributed by atoms with E-state index in [9.17, 15) is 22.4 Å². The van der Waals surface area contributed by atoms with Gasteiger partial charge in [-0.15, -0.1) is 0 Å². The summed E-state index contributed by atoms with van der Waals surface area (Å²) in [6, 6.07) is 8.50. The zero-order chi connectivity index (χ0) is 21.6. The van der Waals surface area contributed by atoms with Crippen LogP contribution in [0.5, 0.6) is 0 Å². The van der Waals surface area contributed by atoms with Gasteiger partial charge in [0.2, 0.25) is 0 Å². The van der Waals surface area contributed by atoms with Gasteiger partial charge in [-0.25, -0.2) is 27.5 Å². The van der Waals surface area contributed by atoms with E-state index in [1.165, 1.54) is 30.0 Å². The maximum Gasteiger partial charge on any atom is 0.256 e. The van der Waals surface area contributed by atoms with Gasteiger partial charge in [0.15, 0.2) is 28.3 Å². The summed E-state index contributed by atoms with van der Waals surface area (Å²) in [4.78, 5) is 21.4. The van der Waals surface area contributed by atoms with Gasteiger partial charge in [0.25, 0.3) is 5.56 Å². The topological polar surface area (TPSA) is 47.8 Å². The summed E-state index contributed by atoms with van der Waals surface area (Å²) in [5, 5.41) is 0.634. The van der Waals surface area contributed by atoms with E-state index in [1.807, 2.05) is 0 Å². The molecule has 0 atom stereocenters. The number of halogens is 4. The number of benzene rings is 2. The fourth-order valence-electron chi connectivity index (χ4n) is 3.21. The number of aromatic nitrogens is 3. The van der Waals surface area contributed by atoms with Gasteiger partial charge in [-0.2, -0.15) is 0 Å². The number of nitrogens with zero attached hydrogens (tertiary/aromatic N) is 3. The van der Waals surface area contributed by atoms with Crippen molar-refractivity contribution in [2.45, 2.75) is 12.1 Å². The zero-order valence-corrected chi connectivity index (χ0v) is 16.5. The van der Waals surface area contributed by atoms with Gasteiger partial charge in [0.1, 0.15) is 5.82 Å². The summed E-state index contributed by atoms with van der Waals surface area (Å²) >= 11 is 1.18. The molecule has 0 fully saturated rings. The van der Waals surface area contributed by atoms with Crippen LogP contribution in [0.1, 0.15) is 5.56 Å². The molecule has 2 aromatic heterocycles. The van der Waals surface area contributed by atoms with Crippen LogP contribution in [0.2, 0.25) is 0 Å². The lowest BCUT2D eigenvalue weighted by molar-refractivity contribution is 0.444. The second kappa shape index (κ2) is 7.56. The normalized spacial score (nSPS) is 11.3. The minimum atomic E-state index is -1.69. The Bertz CT molecular complexity index is 1370. The van der Waals surface area contributed by atoms with Crippen LogP contribution >= 0.6 is 11.8 Å². The van der Waals surface area contributed by atoms with Crippen molar-refractivity contribution < 1.29 is 17.6 Å². The van der Waals surface area contributed by atoms with Crippen LogP contribution in [0, 0.1) is 30.2 Å². The van der Waals surface area contributed by atoms with Crippen LogP contribution in [0.4, 0.5) is 17.6 Å². The summed E-state index contributed by atoms with van der Waals surface area (Å²) in [6.07, 6.45) is 1.71. The molecular weight excluding hydrogens is 418 g/mol. The highest BCUT2D eigenvalue weighted by molar-refractivity contribution is 7.98. The van der Waals surface area contributed by atoms with E-state index in [2.05, 4.69) is 9.97 Å². The lowest BCUT2D eigenvalue weighted by atomic mass is 10.0. The predicted octanol–water partition coefficient (Wildman–Crippen LogP) is 5.03. The Morgan fingerprint density at radius 3 is 2.40 bits per heavy atom. The third-order valence-corrected chi connectivity index (χ3v) is 5.16. The van der Waals surface area contributed by atoms with Crippen molar-refractivity contribution in [2.24, 2.45) is 0 Å². The van der Waals surface area contributed by atoms with Gasteiger partial charge < -0.3 is 0 Å². The number of rotatable bonds is 3. The Hall–Kier alpha value is -3.20. The van der Waals surface area contributed by atoms with E-state index in [1.54, 1.807) is 19.2 Å². The maximum atomic E-state index is 14.5. The molecule has 0 aliphatic heterocycles. The average molecular weight is 431 g/mol. The van der Waals surface area contributed by atoms with Crippen LogP contribution in [0.3, 0.4) is 0 Å². The van der Waals surface area contributed by atoms with Crippen molar-refractivity contribution in [1.82, 2.24) is 14.5 Å². The van der Waals surface area contributed by atoms with Crippen LogP contribution in [0.25, 0.3) is 28.0 Å². The van der Waals surface area contributed by atoms with E-state index in [-0.39, 0.29) is 10.8 Å². The van der Waals surface area contributed by atoms with Crippen molar-refractivity contribution in [2.75, 3.05) is 6.26 Å². The lowest BCUT2D eigenvalue weighted by Crippen LogP contribution is -2.20. The maximum absolute atomic E-state index is 14.5. The van der Waals surface area contributed by atoms with Crippen LogP contribution < -0.4 is 5.56 Å². The van der Waals surface area contributed by atoms with Crippen LogP contribution in [-0.4, -0.2) is 20.8 Å². The first-order valence-corrected chi connectivity index (χ1v) is 9.92. The average Bonchev–Trinajstić information content (AvgIpc) is 2.72. The monoisotopic (exact) mass is 431 g/mol. The van der Waals surface area contributed by atoms with Crippen LogP contribution in [-0.2, 0) is 0 Å². The first-order chi connectivity index (χ1) is 14.3. The molecular formula is C21H13F4N3OS. The molecule has 0 amide bonds. The number of hydrogen-bond acceptors (Lipinski definition) is 4. The molecule has 0 saturated heterocycles. The third kappa shape index (κ3) is 3.24. The highest BCUT2D eigenvalue weighted by Crippen LogP contribution is 2.31. The minimum absolute atomic E-state index is 0.0190. The highest BCUT2D eigenvalue weighted by Gasteiger charge is 2.20. The van der Waals surface area contributed by atoms with Crippen molar-refractivity contribution in [3.63, 3.8) is 0 Å². The van der Waals surface area contributed by atoms with E-state index >= 15 is 0 Å². The summed E-state index contributed by atoms with van der Waals surface area (Å²) in [5.41, 5.74) is 0.454. The van der Waals surface area contributed by atoms with Gasteiger partial charge in [0, 0.05) is 17.0 Å². The largest absolute Gasteiger partial charge is 0.269 e. The summed E-state index contributed by atoms with van der Waals surface area (Å²) in [7, 11) is 0. The van der Waals surface area contributed by atoms with Crippen molar-refractivity contribution in [3.05, 3.63) is 81.7 Å². The molecule has 2 aromatic carbocycles. The highest BCUT2D eigenvalue weighted by atomic mass is 32.2. The van der Waals surface area contributed by atoms with Crippen molar-refractivity contribution in [3.8, 4) is 16.9 Å². The van der Waals surface area contributed by atoms with Gasteiger partial charge in [-0.1, -0.05) is 11.8 Å². The molecule has 0 radical (unpaired) electrons. The summed E-state index contributed by atoms with van der Waals surface area (Å²) < 4.78 is 56.2. The molecule has 0 aliphatic rings. The molecule has 0 N–H and O–H groups in total. The number of hydrogen-bond donors (Lipinski definition) is 0. The second-order valence-electron chi connectivity index (χ2n) is 6.46. The number of thioether (sulfide) groups is 1. The molecule has 2 heterocycles. The third-order valence-electron chi connectivity index (χ3n) is 4.61. The molecule has 30 heavy (non-hydrogen) atoms. The Balaban J connectivity index is 2.13. The molecule has 4 aromatic rings. The van der Waals surface area contributed by atoms with Crippen molar-refractivity contribution in [1.29, 1.82) is 0 Å². The smallest absolute Gasteiger partial charge is 0.256 e. The Morgan fingerprint density at radius 1 is 0.933 bits per heavy atom. The number of aryl methyl sites for hydroxylation is 1. The first kappa shape index (κ1) is 20.1. The fourth-order valence-corrected chi connectivity index (χ4v) is 3.57. The Labute approximate surface area is 172 Å². The minimum Gasteiger partial charge on any atom is -0.269 e. The molecule has 0 unspecified atom stereocenters. The fraction of sp³-hybridized carbons (Fsp3) is 0.0952.